The number of halogens is 1. The number of ether oxygens (including phenoxy) is 1. The number of nitrogens with zero attached hydrogens (tertiary/aromatic N) is 1. The first-order chi connectivity index (χ1) is 15.3. The highest BCUT2D eigenvalue weighted by Gasteiger charge is 2.19. The summed E-state index contributed by atoms with van der Waals surface area (Å²) < 4.78 is 31.0. The van der Waals surface area contributed by atoms with E-state index in [-0.39, 0.29) is 18.9 Å². The quantitative estimate of drug-likeness (QED) is 0.464. The first kappa shape index (κ1) is 23.6. The van der Waals surface area contributed by atoms with Gasteiger partial charge < -0.3 is 10.1 Å². The van der Waals surface area contributed by atoms with Crippen molar-refractivity contribution in [3.8, 4) is 16.9 Å². The van der Waals surface area contributed by atoms with Gasteiger partial charge in [0.25, 0.3) is 0 Å². The first-order valence-corrected chi connectivity index (χ1v) is 12.3. The number of para-hydroxylation sites is 1. The summed E-state index contributed by atoms with van der Waals surface area (Å²) in [4.78, 5) is 12.6. The molecular weight excluding hydrogens is 448 g/mol. The molecule has 0 aliphatic rings. The maximum atomic E-state index is 12.6. The third-order valence-corrected chi connectivity index (χ3v) is 6.36. The number of carbonyl (C=O) groups excluding carboxylic acids is 1. The van der Waals surface area contributed by atoms with E-state index in [0.717, 1.165) is 17.4 Å². The normalized spacial score (nSPS) is 11.1. The lowest BCUT2D eigenvalue weighted by atomic mass is 10.0. The molecule has 0 aliphatic carbocycles. The number of nitrogens with one attached hydrogen (secondary N) is 1. The predicted octanol–water partition coefficient (Wildman–Crippen LogP) is 5.20. The molecule has 3 aromatic carbocycles. The maximum absolute atomic E-state index is 12.6. The van der Waals surface area contributed by atoms with Gasteiger partial charge in [-0.2, -0.15) is 0 Å². The minimum absolute atomic E-state index is 0.148. The Balaban J connectivity index is 1.66. The third-order valence-electron chi connectivity index (χ3n) is 4.87. The molecule has 1 N–H and O–H groups in total. The summed E-state index contributed by atoms with van der Waals surface area (Å²) >= 11 is 6.15. The summed E-state index contributed by atoms with van der Waals surface area (Å²) in [6.07, 6.45) is 1.64. The molecule has 8 heteroatoms. The molecule has 1 amide bonds. The largest absolute Gasteiger partial charge is 0.495 e. The first-order valence-electron chi connectivity index (χ1n) is 10.0. The summed E-state index contributed by atoms with van der Waals surface area (Å²) in [6.45, 7) is 0.148. The minimum Gasteiger partial charge on any atom is -0.495 e. The Hall–Kier alpha value is -3.03. The van der Waals surface area contributed by atoms with Crippen molar-refractivity contribution < 1.29 is 17.9 Å². The smallest absolute Gasteiger partial charge is 0.232 e. The molecule has 0 spiro atoms. The number of rotatable bonds is 9. The lowest BCUT2D eigenvalue weighted by Crippen LogP contribution is -2.31. The van der Waals surface area contributed by atoms with Crippen LogP contribution in [0.4, 0.5) is 11.4 Å². The summed E-state index contributed by atoms with van der Waals surface area (Å²) in [5, 5.41) is 3.25. The van der Waals surface area contributed by atoms with Crippen molar-refractivity contribution in [1.29, 1.82) is 0 Å². The van der Waals surface area contributed by atoms with Gasteiger partial charge in [0.2, 0.25) is 15.9 Å². The van der Waals surface area contributed by atoms with Gasteiger partial charge >= 0.3 is 0 Å². The number of anilines is 2. The fraction of sp³-hybridized carbons (Fsp3) is 0.208. The Morgan fingerprint density at radius 2 is 1.72 bits per heavy atom. The van der Waals surface area contributed by atoms with Gasteiger partial charge in [-0.3, -0.25) is 9.10 Å². The Labute approximate surface area is 193 Å². The molecule has 0 unspecified atom stereocenters. The van der Waals surface area contributed by atoms with Gasteiger partial charge in [0.05, 0.1) is 24.1 Å². The number of hydrogen-bond acceptors (Lipinski definition) is 4. The average Bonchev–Trinajstić information content (AvgIpc) is 2.77. The van der Waals surface area contributed by atoms with Crippen molar-refractivity contribution in [2.24, 2.45) is 0 Å². The SMILES string of the molecule is COc1ccc(N(CCCC(=O)Nc2ccccc2-c2ccccc2)S(C)(=O)=O)cc1Cl. The molecule has 6 nitrogen and oxygen atoms in total. The molecular formula is C24H25ClN2O4S. The standard InChI is InChI=1S/C24H25ClN2O4S/c1-31-23-15-14-19(17-21(23)25)27(32(2,29)30)16-8-13-24(28)26-22-12-7-6-11-20(22)18-9-4-3-5-10-18/h3-7,9-12,14-15,17H,8,13,16H2,1-2H3,(H,26,28). The lowest BCUT2D eigenvalue weighted by molar-refractivity contribution is -0.116. The zero-order chi connectivity index (χ0) is 23.1. The van der Waals surface area contributed by atoms with E-state index >= 15 is 0 Å². The van der Waals surface area contributed by atoms with Gasteiger partial charge in [0.15, 0.2) is 0 Å². The van der Waals surface area contributed by atoms with Gasteiger partial charge in [0.1, 0.15) is 5.75 Å². The van der Waals surface area contributed by atoms with Crippen LogP contribution in [0, 0.1) is 0 Å². The van der Waals surface area contributed by atoms with Gasteiger partial charge in [-0.25, -0.2) is 8.42 Å². The van der Waals surface area contributed by atoms with Crippen LogP contribution in [0.1, 0.15) is 12.8 Å². The van der Waals surface area contributed by atoms with E-state index in [4.69, 9.17) is 16.3 Å². The van der Waals surface area contributed by atoms with E-state index in [1.54, 1.807) is 12.1 Å². The number of methoxy groups -OCH3 is 1. The van der Waals surface area contributed by atoms with Crippen LogP contribution >= 0.6 is 11.6 Å². The van der Waals surface area contributed by atoms with Crippen molar-refractivity contribution in [2.75, 3.05) is 29.5 Å². The highest BCUT2D eigenvalue weighted by Crippen LogP contribution is 2.31. The number of sulfonamides is 1. The van der Waals surface area contributed by atoms with Crippen LogP contribution in [0.15, 0.2) is 72.8 Å². The molecule has 0 atom stereocenters. The third kappa shape index (κ3) is 6.02. The molecule has 0 bridgehead atoms. The topological polar surface area (TPSA) is 75.7 Å². The van der Waals surface area contributed by atoms with E-state index in [9.17, 15) is 13.2 Å². The number of amides is 1. The van der Waals surface area contributed by atoms with Crippen molar-refractivity contribution in [3.05, 3.63) is 77.8 Å². The molecule has 0 heterocycles. The van der Waals surface area contributed by atoms with Crippen LogP contribution in [0.5, 0.6) is 5.75 Å². The Bertz CT molecular complexity index is 1180. The van der Waals surface area contributed by atoms with Gasteiger partial charge in [-0.15, -0.1) is 0 Å². The van der Waals surface area contributed by atoms with Gasteiger partial charge in [0, 0.05) is 24.2 Å². The minimum atomic E-state index is -3.55. The van der Waals surface area contributed by atoms with E-state index < -0.39 is 10.0 Å². The zero-order valence-electron chi connectivity index (χ0n) is 17.9. The molecule has 32 heavy (non-hydrogen) atoms. The maximum Gasteiger partial charge on any atom is 0.232 e. The second-order valence-electron chi connectivity index (χ2n) is 7.22. The van der Waals surface area contributed by atoms with Gasteiger partial charge in [-0.05, 0) is 36.2 Å². The molecule has 0 aromatic heterocycles. The fourth-order valence-corrected chi connectivity index (χ4v) is 4.56. The Morgan fingerprint density at radius 1 is 1.03 bits per heavy atom. The highest BCUT2D eigenvalue weighted by atomic mass is 35.5. The van der Waals surface area contributed by atoms with Gasteiger partial charge in [-0.1, -0.05) is 60.1 Å². The number of benzene rings is 3. The van der Waals surface area contributed by atoms with Crippen LogP contribution in [0.3, 0.4) is 0 Å². The zero-order valence-corrected chi connectivity index (χ0v) is 19.5. The molecule has 0 fully saturated rings. The molecule has 3 rings (SSSR count). The summed E-state index contributed by atoms with van der Waals surface area (Å²) in [7, 11) is -2.06. The van der Waals surface area contributed by atoms with Crippen LogP contribution in [0.2, 0.25) is 5.02 Å². The highest BCUT2D eigenvalue weighted by molar-refractivity contribution is 7.92. The second-order valence-corrected chi connectivity index (χ2v) is 9.53. The summed E-state index contributed by atoms with van der Waals surface area (Å²) in [5.74, 6) is 0.273. The Morgan fingerprint density at radius 3 is 2.38 bits per heavy atom. The Kier molecular flexibility index (Phi) is 7.77. The summed E-state index contributed by atoms with van der Waals surface area (Å²) in [5.41, 5.74) is 3.06. The second kappa shape index (κ2) is 10.5. The molecule has 0 radical (unpaired) electrons. The molecule has 0 aliphatic heterocycles. The average molecular weight is 473 g/mol. The number of carbonyl (C=O) groups is 1. The van der Waals surface area contributed by atoms with E-state index in [0.29, 0.717) is 28.6 Å². The van der Waals surface area contributed by atoms with E-state index in [1.165, 1.54) is 17.5 Å². The molecule has 168 valence electrons. The fourth-order valence-electron chi connectivity index (χ4n) is 3.35. The van der Waals surface area contributed by atoms with Crippen molar-refractivity contribution in [2.45, 2.75) is 12.8 Å². The number of hydrogen-bond donors (Lipinski definition) is 1. The monoisotopic (exact) mass is 472 g/mol. The van der Waals surface area contributed by atoms with Crippen LogP contribution in [0.25, 0.3) is 11.1 Å². The van der Waals surface area contributed by atoms with Crippen molar-refractivity contribution in [3.63, 3.8) is 0 Å². The van der Waals surface area contributed by atoms with Crippen molar-refractivity contribution >= 4 is 38.9 Å². The summed E-state index contributed by atoms with van der Waals surface area (Å²) in [6, 6.07) is 22.1. The van der Waals surface area contributed by atoms with E-state index in [2.05, 4.69) is 5.32 Å². The van der Waals surface area contributed by atoms with Crippen molar-refractivity contribution in [1.82, 2.24) is 0 Å². The predicted molar refractivity (Wildman–Crippen MR) is 130 cm³/mol. The molecule has 0 saturated carbocycles. The lowest BCUT2D eigenvalue weighted by Gasteiger charge is -2.23. The van der Waals surface area contributed by atoms with Crippen LogP contribution in [-0.4, -0.2) is 34.2 Å². The van der Waals surface area contributed by atoms with E-state index in [1.807, 2.05) is 54.6 Å². The van der Waals surface area contributed by atoms with Crippen LogP contribution in [-0.2, 0) is 14.8 Å². The molecule has 3 aromatic rings. The molecule has 0 saturated heterocycles. The van der Waals surface area contributed by atoms with Crippen LogP contribution < -0.4 is 14.4 Å².